The van der Waals surface area contributed by atoms with Crippen molar-refractivity contribution in [3.05, 3.63) is 39.4 Å². The molecule has 3 aliphatic rings. The zero-order valence-electron chi connectivity index (χ0n) is 13.5. The molecule has 6 nitrogen and oxygen atoms in total. The smallest absolute Gasteiger partial charge is 0.311 e. The largest absolute Gasteiger partial charge is 0.502 e. The fraction of sp³-hybridized carbons (Fsp3) is 0.556. The van der Waals surface area contributed by atoms with E-state index in [2.05, 4.69) is 0 Å². The fourth-order valence-corrected chi connectivity index (χ4v) is 5.15. The number of aliphatic hydroxyl groups is 2. The zero-order chi connectivity index (χ0) is 17.2. The normalized spacial score (nSPS) is 37.2. The van der Waals surface area contributed by atoms with Crippen LogP contribution < -0.4 is 0 Å². The molecule has 6 heteroatoms. The van der Waals surface area contributed by atoms with Gasteiger partial charge < -0.3 is 15.3 Å². The van der Waals surface area contributed by atoms with E-state index in [9.17, 15) is 25.4 Å². The van der Waals surface area contributed by atoms with Crippen molar-refractivity contribution in [3.8, 4) is 5.75 Å². The molecule has 1 fully saturated rings. The molecule has 1 aromatic carbocycles. The van der Waals surface area contributed by atoms with Gasteiger partial charge in [-0.3, -0.25) is 10.1 Å². The standard InChI is InChI=1S/C18H21NO5/c1-18-13(4-5-16(18)21)10-3-2-9-6-15(20)14(19(23)24)7-11(9)12(10)8-17(18)22/h6-8,10,13,16-17,20-22H,2-5H2,1H3/t10-,13+,16+,17+,18+/m1/s1. The van der Waals surface area contributed by atoms with E-state index in [1.165, 1.54) is 12.1 Å². The molecule has 5 atom stereocenters. The summed E-state index contributed by atoms with van der Waals surface area (Å²) in [7, 11) is 0. The third-order valence-electron chi connectivity index (χ3n) is 6.56. The van der Waals surface area contributed by atoms with E-state index in [1.54, 1.807) is 6.08 Å². The van der Waals surface area contributed by atoms with Crippen LogP contribution in [0, 0.1) is 27.4 Å². The van der Waals surface area contributed by atoms with Gasteiger partial charge in [-0.1, -0.05) is 13.0 Å². The van der Waals surface area contributed by atoms with Crippen molar-refractivity contribution >= 4 is 11.3 Å². The van der Waals surface area contributed by atoms with Crippen LogP contribution in [0.5, 0.6) is 5.75 Å². The Morgan fingerprint density at radius 3 is 2.71 bits per heavy atom. The van der Waals surface area contributed by atoms with Gasteiger partial charge in [-0.05, 0) is 60.3 Å². The monoisotopic (exact) mass is 331 g/mol. The number of nitro benzene ring substituents is 1. The van der Waals surface area contributed by atoms with E-state index in [4.69, 9.17) is 0 Å². The Bertz CT molecular complexity index is 758. The highest BCUT2D eigenvalue weighted by atomic mass is 16.6. The van der Waals surface area contributed by atoms with Crippen LogP contribution in [-0.4, -0.2) is 32.5 Å². The van der Waals surface area contributed by atoms with Gasteiger partial charge in [-0.25, -0.2) is 0 Å². The van der Waals surface area contributed by atoms with E-state index >= 15 is 0 Å². The molecule has 0 aliphatic heterocycles. The van der Waals surface area contributed by atoms with Crippen LogP contribution in [0.1, 0.15) is 37.3 Å². The van der Waals surface area contributed by atoms with Gasteiger partial charge in [0.1, 0.15) is 0 Å². The Hall–Kier alpha value is -1.92. The SMILES string of the molecule is C[C@]12[C@@H](O)C=C3c4cc([N+](=O)[O-])c(O)cc4CC[C@H]3[C@@H]1CC[C@@H]2O. The van der Waals surface area contributed by atoms with Gasteiger partial charge >= 0.3 is 5.69 Å². The summed E-state index contributed by atoms with van der Waals surface area (Å²) in [5.41, 5.74) is 1.73. The predicted molar refractivity (Wildman–Crippen MR) is 87.4 cm³/mol. The number of nitrogens with zero attached hydrogens (tertiary/aromatic N) is 1. The molecule has 0 amide bonds. The van der Waals surface area contributed by atoms with Crippen LogP contribution in [0.15, 0.2) is 18.2 Å². The molecule has 0 aromatic heterocycles. The van der Waals surface area contributed by atoms with Gasteiger partial charge in [0.05, 0.1) is 17.1 Å². The third kappa shape index (κ3) is 1.90. The lowest BCUT2D eigenvalue weighted by atomic mass is 9.58. The number of hydrogen-bond acceptors (Lipinski definition) is 5. The lowest BCUT2D eigenvalue weighted by Crippen LogP contribution is -2.48. The van der Waals surface area contributed by atoms with Crippen molar-refractivity contribution in [2.45, 2.75) is 44.8 Å². The second-order valence-electron chi connectivity index (χ2n) is 7.53. The van der Waals surface area contributed by atoms with Crippen LogP contribution in [0.3, 0.4) is 0 Å². The van der Waals surface area contributed by atoms with Crippen LogP contribution in [0.2, 0.25) is 0 Å². The maximum Gasteiger partial charge on any atom is 0.311 e. The number of hydrogen-bond donors (Lipinski definition) is 3. The molecule has 1 aromatic rings. The summed E-state index contributed by atoms with van der Waals surface area (Å²) >= 11 is 0. The van der Waals surface area contributed by atoms with E-state index in [1.807, 2.05) is 6.92 Å². The van der Waals surface area contributed by atoms with Crippen molar-refractivity contribution in [3.63, 3.8) is 0 Å². The summed E-state index contributed by atoms with van der Waals surface area (Å²) in [6, 6.07) is 2.91. The Kier molecular flexibility index (Phi) is 3.27. The highest BCUT2D eigenvalue weighted by Crippen LogP contribution is 2.58. The number of aryl methyl sites for hydroxylation is 1. The molecular weight excluding hydrogens is 310 g/mol. The molecule has 0 saturated heterocycles. The lowest BCUT2D eigenvalue weighted by Gasteiger charge is -2.48. The number of aliphatic hydroxyl groups excluding tert-OH is 2. The zero-order valence-corrected chi connectivity index (χ0v) is 13.5. The van der Waals surface area contributed by atoms with Crippen molar-refractivity contribution in [1.29, 1.82) is 0 Å². The molecule has 4 rings (SSSR count). The summed E-state index contributed by atoms with van der Waals surface area (Å²) in [4.78, 5) is 10.6. The molecule has 3 aliphatic carbocycles. The molecule has 0 unspecified atom stereocenters. The average Bonchev–Trinajstić information content (AvgIpc) is 2.84. The molecule has 128 valence electrons. The highest BCUT2D eigenvalue weighted by molar-refractivity contribution is 5.76. The molecular formula is C18H21NO5. The quantitative estimate of drug-likeness (QED) is 0.541. The maximum atomic E-state index is 11.2. The van der Waals surface area contributed by atoms with Crippen LogP contribution in [-0.2, 0) is 6.42 Å². The Balaban J connectivity index is 1.86. The second-order valence-corrected chi connectivity index (χ2v) is 7.53. The summed E-state index contributed by atoms with van der Waals surface area (Å²) in [6.45, 7) is 1.95. The van der Waals surface area contributed by atoms with Gasteiger partial charge in [-0.2, -0.15) is 0 Å². The van der Waals surface area contributed by atoms with E-state index < -0.39 is 22.5 Å². The number of benzene rings is 1. The van der Waals surface area contributed by atoms with Crippen molar-refractivity contribution in [1.82, 2.24) is 0 Å². The minimum absolute atomic E-state index is 0.170. The van der Waals surface area contributed by atoms with Crippen LogP contribution in [0.4, 0.5) is 5.69 Å². The maximum absolute atomic E-state index is 11.2. The van der Waals surface area contributed by atoms with Gasteiger partial charge in [0.15, 0.2) is 5.75 Å². The molecule has 0 heterocycles. The Labute approximate surface area is 139 Å². The Morgan fingerprint density at radius 1 is 1.25 bits per heavy atom. The van der Waals surface area contributed by atoms with Crippen LogP contribution in [0.25, 0.3) is 5.57 Å². The molecule has 0 spiro atoms. The third-order valence-corrected chi connectivity index (χ3v) is 6.56. The number of phenolic OH excluding ortho intramolecular Hbond substituents is 1. The number of nitro groups is 1. The molecule has 1 saturated carbocycles. The van der Waals surface area contributed by atoms with E-state index in [0.29, 0.717) is 6.42 Å². The highest BCUT2D eigenvalue weighted by Gasteiger charge is 2.56. The number of aromatic hydroxyl groups is 1. The first kappa shape index (κ1) is 15.6. The summed E-state index contributed by atoms with van der Waals surface area (Å²) < 4.78 is 0. The minimum Gasteiger partial charge on any atom is -0.502 e. The Morgan fingerprint density at radius 2 is 2.00 bits per heavy atom. The minimum atomic E-state index is -0.773. The van der Waals surface area contributed by atoms with Gasteiger partial charge in [-0.15, -0.1) is 0 Å². The van der Waals surface area contributed by atoms with Gasteiger partial charge in [0, 0.05) is 11.5 Å². The first-order valence-electron chi connectivity index (χ1n) is 8.42. The predicted octanol–water partition coefficient (Wildman–Crippen LogP) is 2.40. The van der Waals surface area contributed by atoms with E-state index in [0.717, 1.165) is 36.0 Å². The molecule has 24 heavy (non-hydrogen) atoms. The first-order valence-corrected chi connectivity index (χ1v) is 8.42. The number of phenols is 1. The molecule has 0 radical (unpaired) electrons. The van der Waals surface area contributed by atoms with Crippen LogP contribution >= 0.6 is 0 Å². The van der Waals surface area contributed by atoms with E-state index in [-0.39, 0.29) is 23.3 Å². The topological polar surface area (TPSA) is 104 Å². The number of fused-ring (bicyclic) bond motifs is 5. The summed E-state index contributed by atoms with van der Waals surface area (Å²) in [5.74, 6) is 0.0472. The van der Waals surface area contributed by atoms with Crippen molar-refractivity contribution in [2.24, 2.45) is 17.3 Å². The second kappa shape index (κ2) is 5.04. The average molecular weight is 331 g/mol. The van der Waals surface area contributed by atoms with Gasteiger partial charge in [0.2, 0.25) is 0 Å². The lowest BCUT2D eigenvalue weighted by molar-refractivity contribution is -0.385. The first-order chi connectivity index (χ1) is 11.3. The summed E-state index contributed by atoms with van der Waals surface area (Å²) in [5, 5.41) is 42.1. The fourth-order valence-electron chi connectivity index (χ4n) is 5.15. The van der Waals surface area contributed by atoms with Crippen molar-refractivity contribution < 1.29 is 20.2 Å². The van der Waals surface area contributed by atoms with Crippen molar-refractivity contribution in [2.75, 3.05) is 0 Å². The molecule has 0 bridgehead atoms. The molecule has 3 N–H and O–H groups in total. The summed E-state index contributed by atoms with van der Waals surface area (Å²) in [6.07, 6.45) is 3.62. The number of allylic oxidation sites excluding steroid dienone is 1. The van der Waals surface area contributed by atoms with Gasteiger partial charge in [0.25, 0.3) is 0 Å². The number of rotatable bonds is 1.